The Morgan fingerprint density at radius 2 is 1.78 bits per heavy atom. The van der Waals surface area contributed by atoms with E-state index in [4.69, 9.17) is 5.73 Å². The minimum Gasteiger partial charge on any atom is -0.341 e. The van der Waals surface area contributed by atoms with E-state index in [0.717, 1.165) is 6.54 Å². The number of hydrogen-bond acceptors (Lipinski definition) is 2. The number of benzene rings is 2. The molecule has 0 aliphatic heterocycles. The van der Waals surface area contributed by atoms with Crippen molar-refractivity contribution in [3.63, 3.8) is 0 Å². The van der Waals surface area contributed by atoms with E-state index in [1.807, 2.05) is 0 Å². The van der Waals surface area contributed by atoms with Crippen LogP contribution in [0.3, 0.4) is 0 Å². The van der Waals surface area contributed by atoms with E-state index in [0.29, 0.717) is 0 Å². The summed E-state index contributed by atoms with van der Waals surface area (Å²) < 4.78 is 2.37. The van der Waals surface area contributed by atoms with E-state index in [1.165, 1.54) is 32.9 Å². The molecule has 0 spiro atoms. The second kappa shape index (κ2) is 6.36. The number of fused-ring (bicyclic) bond motifs is 3. The number of para-hydroxylation sites is 1. The Morgan fingerprint density at radius 3 is 2.52 bits per heavy atom. The van der Waals surface area contributed by atoms with Crippen LogP contribution in [0.5, 0.6) is 0 Å². The number of aromatic nitrogens is 1. The SMILES string of the molecule is CCn1c2ccccc2c2cc([C@@H](N)c3ccsc3)ccc21.Cl. The molecule has 0 saturated carbocycles. The summed E-state index contributed by atoms with van der Waals surface area (Å²) in [6.07, 6.45) is 0. The molecule has 2 heterocycles. The van der Waals surface area contributed by atoms with Gasteiger partial charge in [0.1, 0.15) is 0 Å². The fourth-order valence-corrected chi connectivity index (χ4v) is 3.95. The third-order valence-electron chi connectivity index (χ3n) is 4.37. The largest absolute Gasteiger partial charge is 0.341 e. The predicted octanol–water partition coefficient (Wildman–Crippen LogP) is 5.35. The van der Waals surface area contributed by atoms with E-state index in [2.05, 4.69) is 70.8 Å². The third kappa shape index (κ3) is 2.55. The Bertz CT molecular complexity index is 941. The van der Waals surface area contributed by atoms with Crippen LogP contribution in [0.25, 0.3) is 21.8 Å². The third-order valence-corrected chi connectivity index (χ3v) is 5.08. The van der Waals surface area contributed by atoms with Gasteiger partial charge in [0.15, 0.2) is 0 Å². The van der Waals surface area contributed by atoms with Crippen LogP contribution < -0.4 is 5.73 Å². The Hall–Kier alpha value is -1.81. The van der Waals surface area contributed by atoms with Gasteiger partial charge in [0.25, 0.3) is 0 Å². The average molecular weight is 343 g/mol. The zero-order valence-corrected chi connectivity index (χ0v) is 14.5. The summed E-state index contributed by atoms with van der Waals surface area (Å²) in [5, 5.41) is 6.81. The molecule has 4 heteroatoms. The van der Waals surface area contributed by atoms with Gasteiger partial charge in [0.2, 0.25) is 0 Å². The van der Waals surface area contributed by atoms with E-state index in [1.54, 1.807) is 11.3 Å². The van der Waals surface area contributed by atoms with E-state index in [9.17, 15) is 0 Å². The van der Waals surface area contributed by atoms with Crippen LogP contribution in [0.15, 0.2) is 59.3 Å². The zero-order valence-electron chi connectivity index (χ0n) is 12.9. The second-order valence-electron chi connectivity index (χ2n) is 5.57. The first kappa shape index (κ1) is 16.1. The summed E-state index contributed by atoms with van der Waals surface area (Å²) in [6, 6.07) is 17.3. The number of halogens is 1. The highest BCUT2D eigenvalue weighted by Crippen LogP contribution is 2.32. The molecular formula is C19H19ClN2S. The van der Waals surface area contributed by atoms with Crippen LogP contribution in [0.4, 0.5) is 0 Å². The number of nitrogens with zero attached hydrogens (tertiary/aromatic N) is 1. The van der Waals surface area contributed by atoms with Crippen LogP contribution in [0.2, 0.25) is 0 Å². The molecule has 0 fully saturated rings. The lowest BCUT2D eigenvalue weighted by atomic mass is 10.00. The standard InChI is InChI=1S/C19H18N2S.ClH/c1-2-21-17-6-4-3-5-15(17)16-11-13(7-8-18(16)21)19(20)14-9-10-22-12-14;/h3-12,19H,2,20H2,1H3;1H/t19-;/m1./s1. The second-order valence-corrected chi connectivity index (χ2v) is 6.35. The number of nitrogens with two attached hydrogens (primary N) is 1. The Morgan fingerprint density at radius 1 is 1.00 bits per heavy atom. The molecule has 0 amide bonds. The van der Waals surface area contributed by atoms with Gasteiger partial charge in [-0.25, -0.2) is 0 Å². The van der Waals surface area contributed by atoms with Gasteiger partial charge < -0.3 is 10.3 Å². The topological polar surface area (TPSA) is 30.9 Å². The van der Waals surface area contributed by atoms with Gasteiger partial charge in [0.05, 0.1) is 6.04 Å². The van der Waals surface area contributed by atoms with E-state index < -0.39 is 0 Å². The van der Waals surface area contributed by atoms with Crippen LogP contribution in [0, 0.1) is 0 Å². The van der Waals surface area contributed by atoms with E-state index in [-0.39, 0.29) is 18.4 Å². The lowest BCUT2D eigenvalue weighted by molar-refractivity contribution is 0.826. The molecule has 23 heavy (non-hydrogen) atoms. The summed E-state index contributed by atoms with van der Waals surface area (Å²) in [5.41, 5.74) is 11.4. The highest BCUT2D eigenvalue weighted by molar-refractivity contribution is 7.08. The number of rotatable bonds is 3. The number of aryl methyl sites for hydroxylation is 1. The fraction of sp³-hybridized carbons (Fsp3) is 0.158. The van der Waals surface area contributed by atoms with Crippen molar-refractivity contribution in [2.75, 3.05) is 0 Å². The van der Waals surface area contributed by atoms with Crippen LogP contribution in [-0.2, 0) is 6.54 Å². The first-order valence-corrected chi connectivity index (χ1v) is 8.52. The minimum atomic E-state index is -0.0561. The monoisotopic (exact) mass is 342 g/mol. The van der Waals surface area contributed by atoms with Gasteiger partial charge in [-0.3, -0.25) is 0 Å². The van der Waals surface area contributed by atoms with Crippen LogP contribution in [0.1, 0.15) is 24.1 Å². The summed E-state index contributed by atoms with van der Waals surface area (Å²) in [6.45, 7) is 3.16. The highest BCUT2D eigenvalue weighted by atomic mass is 35.5. The van der Waals surface area contributed by atoms with Crippen LogP contribution in [-0.4, -0.2) is 4.57 Å². The molecule has 118 valence electrons. The maximum Gasteiger partial charge on any atom is 0.0560 e. The normalized spacial score (nSPS) is 12.4. The van der Waals surface area contributed by atoms with Gasteiger partial charge in [-0.1, -0.05) is 24.3 Å². The van der Waals surface area contributed by atoms with Gasteiger partial charge >= 0.3 is 0 Å². The van der Waals surface area contributed by atoms with Gasteiger partial charge in [-0.05, 0) is 53.1 Å². The predicted molar refractivity (Wildman–Crippen MR) is 103 cm³/mol. The molecule has 2 N–H and O–H groups in total. The van der Waals surface area contributed by atoms with Crippen molar-refractivity contribution < 1.29 is 0 Å². The summed E-state index contributed by atoms with van der Waals surface area (Å²) in [5.74, 6) is 0. The molecule has 0 saturated heterocycles. The lowest BCUT2D eigenvalue weighted by Crippen LogP contribution is -2.10. The first-order chi connectivity index (χ1) is 10.8. The van der Waals surface area contributed by atoms with E-state index >= 15 is 0 Å². The molecule has 0 radical (unpaired) electrons. The molecule has 2 aromatic carbocycles. The molecule has 0 bridgehead atoms. The molecule has 2 nitrogen and oxygen atoms in total. The highest BCUT2D eigenvalue weighted by Gasteiger charge is 2.13. The molecule has 4 rings (SSSR count). The van der Waals surface area contributed by atoms with Gasteiger partial charge in [0, 0.05) is 28.4 Å². The number of thiophene rings is 1. The Kier molecular flexibility index (Phi) is 4.44. The van der Waals surface area contributed by atoms with Crippen molar-refractivity contribution in [1.29, 1.82) is 0 Å². The van der Waals surface area contributed by atoms with Crippen molar-refractivity contribution in [3.8, 4) is 0 Å². The molecular weight excluding hydrogens is 324 g/mol. The molecule has 0 unspecified atom stereocenters. The molecule has 4 aromatic rings. The Balaban J connectivity index is 0.00000156. The summed E-state index contributed by atoms with van der Waals surface area (Å²) in [4.78, 5) is 0. The lowest BCUT2D eigenvalue weighted by Gasteiger charge is -2.11. The zero-order chi connectivity index (χ0) is 15.1. The van der Waals surface area contributed by atoms with Crippen LogP contribution >= 0.6 is 23.7 Å². The van der Waals surface area contributed by atoms with Gasteiger partial charge in [-0.2, -0.15) is 11.3 Å². The minimum absolute atomic E-state index is 0. The summed E-state index contributed by atoms with van der Waals surface area (Å²) >= 11 is 1.69. The maximum absolute atomic E-state index is 6.44. The van der Waals surface area contributed by atoms with Gasteiger partial charge in [-0.15, -0.1) is 12.4 Å². The fourth-order valence-electron chi connectivity index (χ4n) is 3.25. The number of hydrogen-bond donors (Lipinski definition) is 1. The smallest absolute Gasteiger partial charge is 0.0560 e. The Labute approximate surface area is 145 Å². The van der Waals surface area contributed by atoms with Crippen molar-refractivity contribution in [3.05, 3.63) is 70.4 Å². The molecule has 0 aliphatic carbocycles. The molecule has 2 aromatic heterocycles. The van der Waals surface area contributed by atoms with Crippen molar-refractivity contribution in [1.82, 2.24) is 4.57 Å². The first-order valence-electron chi connectivity index (χ1n) is 7.58. The van der Waals surface area contributed by atoms with Crippen molar-refractivity contribution in [2.24, 2.45) is 5.73 Å². The van der Waals surface area contributed by atoms with Crippen molar-refractivity contribution in [2.45, 2.75) is 19.5 Å². The molecule has 0 aliphatic rings. The maximum atomic E-state index is 6.44. The van der Waals surface area contributed by atoms with Crippen molar-refractivity contribution >= 4 is 45.5 Å². The average Bonchev–Trinajstić information content (AvgIpc) is 3.20. The molecule has 1 atom stereocenters. The summed E-state index contributed by atoms with van der Waals surface area (Å²) in [7, 11) is 0. The quantitative estimate of drug-likeness (QED) is 0.535.